The number of allylic oxidation sites excluding steroid dienone is 1. The molecule has 0 aliphatic heterocycles. The Balaban J connectivity index is 1.83. The average Bonchev–Trinajstić information content (AvgIpc) is 3.04. The number of benzene rings is 2. The van der Waals surface area contributed by atoms with E-state index in [1.807, 2.05) is 41.0 Å². The molecule has 0 bridgehead atoms. The Kier molecular flexibility index (Phi) is 5.25. The van der Waals surface area contributed by atoms with E-state index in [0.29, 0.717) is 12.3 Å². The van der Waals surface area contributed by atoms with Crippen LogP contribution in [0.25, 0.3) is 11.4 Å². The minimum absolute atomic E-state index is 0.0932. The molecule has 25 heavy (non-hydrogen) atoms. The van der Waals surface area contributed by atoms with E-state index in [0.717, 1.165) is 22.1 Å². The average molecular weight is 352 g/mol. The summed E-state index contributed by atoms with van der Waals surface area (Å²) in [6.07, 6.45) is 1.80. The smallest absolute Gasteiger partial charge is 0.269 e. The molecule has 1 aromatic heterocycles. The highest BCUT2D eigenvalue weighted by molar-refractivity contribution is 7.98. The van der Waals surface area contributed by atoms with Crippen molar-refractivity contribution in [2.24, 2.45) is 0 Å². The molecule has 0 unspecified atom stereocenters. The van der Waals surface area contributed by atoms with Gasteiger partial charge in [0.25, 0.3) is 5.69 Å². The van der Waals surface area contributed by atoms with Crippen LogP contribution in [0.3, 0.4) is 0 Å². The number of aromatic nitrogens is 3. The maximum absolute atomic E-state index is 10.9. The van der Waals surface area contributed by atoms with Gasteiger partial charge in [0.15, 0.2) is 11.0 Å². The van der Waals surface area contributed by atoms with E-state index in [2.05, 4.69) is 16.8 Å². The Bertz CT molecular complexity index is 893. The van der Waals surface area contributed by atoms with E-state index in [1.165, 1.54) is 17.8 Å². The first kappa shape index (κ1) is 16.9. The maximum Gasteiger partial charge on any atom is 0.269 e. The van der Waals surface area contributed by atoms with Crippen molar-refractivity contribution >= 4 is 17.4 Å². The highest BCUT2D eigenvalue weighted by Gasteiger charge is 2.14. The van der Waals surface area contributed by atoms with Crippen LogP contribution in [0, 0.1) is 10.1 Å². The van der Waals surface area contributed by atoms with Crippen LogP contribution in [-0.2, 0) is 12.3 Å². The van der Waals surface area contributed by atoms with E-state index in [9.17, 15) is 10.1 Å². The van der Waals surface area contributed by atoms with E-state index >= 15 is 0 Å². The second-order valence-electron chi connectivity index (χ2n) is 5.29. The fourth-order valence-corrected chi connectivity index (χ4v) is 3.29. The minimum Gasteiger partial charge on any atom is -0.298 e. The van der Waals surface area contributed by atoms with E-state index in [-0.39, 0.29) is 10.6 Å². The molecule has 1 heterocycles. The molecule has 0 aliphatic carbocycles. The summed E-state index contributed by atoms with van der Waals surface area (Å²) in [6.45, 7) is 4.39. The number of nitrogens with zero attached hydrogens (tertiary/aromatic N) is 4. The van der Waals surface area contributed by atoms with Gasteiger partial charge in [0, 0.05) is 30.0 Å². The van der Waals surface area contributed by atoms with Gasteiger partial charge in [-0.15, -0.1) is 16.8 Å². The monoisotopic (exact) mass is 352 g/mol. The lowest BCUT2D eigenvalue weighted by Crippen LogP contribution is -2.00. The molecule has 0 amide bonds. The zero-order valence-corrected chi connectivity index (χ0v) is 14.2. The van der Waals surface area contributed by atoms with Gasteiger partial charge >= 0.3 is 0 Å². The summed E-state index contributed by atoms with van der Waals surface area (Å²) in [6, 6.07) is 16.5. The Morgan fingerprint density at radius 1 is 1.16 bits per heavy atom. The molecule has 3 aromatic rings. The molecule has 6 nitrogen and oxygen atoms in total. The van der Waals surface area contributed by atoms with Crippen LogP contribution in [0.5, 0.6) is 0 Å². The van der Waals surface area contributed by atoms with E-state index < -0.39 is 0 Å². The summed E-state index contributed by atoms with van der Waals surface area (Å²) < 4.78 is 1.99. The fraction of sp³-hybridized carbons (Fsp3) is 0.111. The number of nitro benzene ring substituents is 1. The third-order valence-corrected chi connectivity index (χ3v) is 4.59. The molecule has 2 aromatic carbocycles. The Labute approximate surface area is 149 Å². The van der Waals surface area contributed by atoms with Crippen molar-refractivity contribution in [1.82, 2.24) is 14.8 Å². The second kappa shape index (κ2) is 7.76. The molecule has 0 spiro atoms. The van der Waals surface area contributed by atoms with Crippen LogP contribution in [0.4, 0.5) is 5.69 Å². The maximum atomic E-state index is 10.9. The largest absolute Gasteiger partial charge is 0.298 e. The molecule has 0 atom stereocenters. The molecule has 0 saturated heterocycles. The van der Waals surface area contributed by atoms with Crippen molar-refractivity contribution in [2.75, 3.05) is 0 Å². The quantitative estimate of drug-likeness (QED) is 0.274. The topological polar surface area (TPSA) is 73.8 Å². The fourth-order valence-electron chi connectivity index (χ4n) is 2.40. The zero-order chi connectivity index (χ0) is 17.6. The Morgan fingerprint density at radius 2 is 1.96 bits per heavy atom. The third kappa shape index (κ3) is 3.95. The van der Waals surface area contributed by atoms with Crippen LogP contribution in [-0.4, -0.2) is 19.7 Å². The number of non-ortho nitro benzene ring substituents is 1. The Morgan fingerprint density at radius 3 is 2.68 bits per heavy atom. The van der Waals surface area contributed by atoms with Crippen molar-refractivity contribution in [3.05, 3.63) is 82.9 Å². The Hall–Kier alpha value is -2.93. The number of thioether (sulfide) groups is 1. The lowest BCUT2D eigenvalue weighted by atomic mass is 10.2. The SMILES string of the molecule is C=CCn1c(SCc2cccc([N+](=O)[O-])c2)nnc1-c1ccccc1. The van der Waals surface area contributed by atoms with E-state index in [4.69, 9.17) is 0 Å². The van der Waals surface area contributed by atoms with Crippen LogP contribution in [0.15, 0.2) is 72.4 Å². The van der Waals surface area contributed by atoms with Gasteiger partial charge in [-0.2, -0.15) is 0 Å². The molecular weight excluding hydrogens is 336 g/mol. The van der Waals surface area contributed by atoms with Gasteiger partial charge in [0.1, 0.15) is 0 Å². The van der Waals surface area contributed by atoms with Crippen molar-refractivity contribution in [1.29, 1.82) is 0 Å². The van der Waals surface area contributed by atoms with Gasteiger partial charge < -0.3 is 0 Å². The van der Waals surface area contributed by atoms with Gasteiger partial charge in [-0.25, -0.2) is 0 Å². The van der Waals surface area contributed by atoms with Crippen LogP contribution in [0.1, 0.15) is 5.56 Å². The molecule has 0 aliphatic rings. The summed E-state index contributed by atoms with van der Waals surface area (Å²) in [5.74, 6) is 1.35. The summed E-state index contributed by atoms with van der Waals surface area (Å²) >= 11 is 1.49. The predicted octanol–water partition coefficient (Wildman–Crippen LogP) is 4.33. The predicted molar refractivity (Wildman–Crippen MR) is 98.3 cm³/mol. The molecule has 0 saturated carbocycles. The normalized spacial score (nSPS) is 10.6. The highest BCUT2D eigenvalue weighted by Crippen LogP contribution is 2.27. The number of hydrogen-bond acceptors (Lipinski definition) is 5. The molecular formula is C18H16N4O2S. The number of rotatable bonds is 7. The second-order valence-corrected chi connectivity index (χ2v) is 6.23. The minimum atomic E-state index is -0.387. The summed E-state index contributed by atoms with van der Waals surface area (Å²) in [5, 5.41) is 20.2. The summed E-state index contributed by atoms with van der Waals surface area (Å²) in [4.78, 5) is 10.5. The summed E-state index contributed by atoms with van der Waals surface area (Å²) in [7, 11) is 0. The van der Waals surface area contributed by atoms with Gasteiger partial charge in [0.05, 0.1) is 4.92 Å². The van der Waals surface area contributed by atoms with Gasteiger partial charge in [-0.3, -0.25) is 14.7 Å². The molecule has 3 rings (SSSR count). The third-order valence-electron chi connectivity index (χ3n) is 3.55. The molecule has 0 fully saturated rings. The molecule has 0 N–H and O–H groups in total. The first-order valence-corrected chi connectivity index (χ1v) is 8.63. The number of hydrogen-bond donors (Lipinski definition) is 0. The number of nitro groups is 1. The van der Waals surface area contributed by atoms with Crippen LogP contribution >= 0.6 is 11.8 Å². The first-order valence-electron chi connectivity index (χ1n) is 7.64. The zero-order valence-electron chi connectivity index (χ0n) is 13.4. The lowest BCUT2D eigenvalue weighted by Gasteiger charge is -2.07. The van der Waals surface area contributed by atoms with Crippen LogP contribution < -0.4 is 0 Å². The van der Waals surface area contributed by atoms with Crippen molar-refractivity contribution in [3.63, 3.8) is 0 Å². The van der Waals surface area contributed by atoms with Gasteiger partial charge in [-0.1, -0.05) is 60.3 Å². The molecule has 7 heteroatoms. The van der Waals surface area contributed by atoms with Crippen molar-refractivity contribution in [2.45, 2.75) is 17.5 Å². The van der Waals surface area contributed by atoms with Crippen LogP contribution in [0.2, 0.25) is 0 Å². The van der Waals surface area contributed by atoms with Crippen molar-refractivity contribution in [3.8, 4) is 11.4 Å². The standard InChI is InChI=1S/C18H16N4O2S/c1-2-11-21-17(15-8-4-3-5-9-15)19-20-18(21)25-13-14-7-6-10-16(12-14)22(23)24/h2-10,12H,1,11,13H2. The summed E-state index contributed by atoms with van der Waals surface area (Å²) in [5.41, 5.74) is 1.95. The highest BCUT2D eigenvalue weighted by atomic mass is 32.2. The first-order chi connectivity index (χ1) is 12.2. The van der Waals surface area contributed by atoms with Gasteiger partial charge in [0.2, 0.25) is 0 Å². The van der Waals surface area contributed by atoms with Crippen molar-refractivity contribution < 1.29 is 4.92 Å². The molecule has 0 radical (unpaired) electrons. The molecule has 126 valence electrons. The van der Waals surface area contributed by atoms with Gasteiger partial charge in [-0.05, 0) is 5.56 Å². The lowest BCUT2D eigenvalue weighted by molar-refractivity contribution is -0.384. The van der Waals surface area contributed by atoms with E-state index in [1.54, 1.807) is 18.2 Å².